The fourth-order valence-electron chi connectivity index (χ4n) is 1.91. The Morgan fingerprint density at radius 1 is 1.35 bits per heavy atom. The SMILES string of the molecule is N=C/C=N\[NH2+]c1cccc(Nc2nc(NCC(N)=O)ncc2C(N)=O)c1. The van der Waals surface area contributed by atoms with Gasteiger partial charge in [0, 0.05) is 30.2 Å². The Morgan fingerprint density at radius 3 is 2.85 bits per heavy atom. The van der Waals surface area contributed by atoms with Gasteiger partial charge in [-0.3, -0.25) is 9.59 Å². The van der Waals surface area contributed by atoms with E-state index in [1.54, 1.807) is 23.6 Å². The Hall–Kier alpha value is -3.86. The molecule has 0 aliphatic rings. The van der Waals surface area contributed by atoms with Gasteiger partial charge < -0.3 is 27.5 Å². The van der Waals surface area contributed by atoms with Crippen molar-refractivity contribution in [2.75, 3.05) is 17.2 Å². The summed E-state index contributed by atoms with van der Waals surface area (Å²) in [4.78, 5) is 30.5. The van der Waals surface area contributed by atoms with Crippen LogP contribution in [0.15, 0.2) is 35.6 Å². The predicted octanol–water partition coefficient (Wildman–Crippen LogP) is -0.953. The number of carbonyl (C=O) groups excluding carboxylic acids is 2. The van der Waals surface area contributed by atoms with Gasteiger partial charge in [-0.1, -0.05) is 11.2 Å². The molecule has 0 aliphatic heterocycles. The van der Waals surface area contributed by atoms with E-state index >= 15 is 0 Å². The number of amides is 2. The van der Waals surface area contributed by atoms with Crippen LogP contribution in [0.4, 0.5) is 23.1 Å². The second-order valence-corrected chi connectivity index (χ2v) is 4.98. The average Bonchev–Trinajstić information content (AvgIpc) is 2.60. The van der Waals surface area contributed by atoms with Crippen molar-refractivity contribution in [3.8, 4) is 0 Å². The van der Waals surface area contributed by atoms with Gasteiger partial charge in [0.05, 0.1) is 6.54 Å². The lowest BCUT2D eigenvalue weighted by Gasteiger charge is -2.11. The number of anilines is 3. The number of quaternary nitrogens is 1. The number of nitrogens with two attached hydrogens (primary N) is 3. The minimum absolute atomic E-state index is 0.0887. The van der Waals surface area contributed by atoms with E-state index in [1.807, 2.05) is 6.07 Å². The van der Waals surface area contributed by atoms with Gasteiger partial charge in [0.2, 0.25) is 11.9 Å². The van der Waals surface area contributed by atoms with Crippen LogP contribution in [0.1, 0.15) is 10.4 Å². The number of carbonyl (C=O) groups is 2. The maximum absolute atomic E-state index is 11.6. The molecule has 0 spiro atoms. The molecule has 0 aliphatic carbocycles. The lowest BCUT2D eigenvalue weighted by Crippen LogP contribution is -2.71. The highest BCUT2D eigenvalue weighted by Crippen LogP contribution is 2.20. The van der Waals surface area contributed by atoms with Gasteiger partial charge in [-0.05, 0) is 6.07 Å². The van der Waals surface area contributed by atoms with E-state index < -0.39 is 11.8 Å². The standard InChI is InChI=1S/C15H17N9O2/c16-4-5-21-24-10-3-1-2-9(6-10)22-14-11(13(18)26)7-19-15(23-14)20-8-12(17)25/h1-7,16,24H,8H2,(H2,17,25)(H2,18,26)(H2,19,20,22,23)/p+1/b16-4?,21-5-. The molecule has 0 radical (unpaired) electrons. The van der Waals surface area contributed by atoms with Crippen molar-refractivity contribution in [1.29, 1.82) is 5.41 Å². The second kappa shape index (κ2) is 8.84. The molecule has 9 N–H and O–H groups in total. The largest absolute Gasteiger partial charge is 0.368 e. The average molecular weight is 356 g/mol. The van der Waals surface area contributed by atoms with E-state index in [4.69, 9.17) is 16.9 Å². The zero-order chi connectivity index (χ0) is 18.9. The molecule has 2 amide bonds. The molecule has 11 heteroatoms. The molecule has 0 saturated heterocycles. The number of nitrogens with one attached hydrogen (secondary N) is 3. The molecule has 134 valence electrons. The summed E-state index contributed by atoms with van der Waals surface area (Å²) in [7, 11) is 0. The number of rotatable bonds is 9. The minimum atomic E-state index is -0.702. The van der Waals surface area contributed by atoms with Crippen molar-refractivity contribution < 1.29 is 15.0 Å². The monoisotopic (exact) mass is 356 g/mol. The molecule has 0 atom stereocenters. The van der Waals surface area contributed by atoms with E-state index in [-0.39, 0.29) is 23.9 Å². The van der Waals surface area contributed by atoms with Crippen LogP contribution in [0.2, 0.25) is 0 Å². The summed E-state index contributed by atoms with van der Waals surface area (Å²) < 4.78 is 0. The van der Waals surface area contributed by atoms with Gasteiger partial charge in [-0.25, -0.2) is 4.98 Å². The van der Waals surface area contributed by atoms with Crippen molar-refractivity contribution in [3.63, 3.8) is 0 Å². The van der Waals surface area contributed by atoms with E-state index in [0.717, 1.165) is 11.9 Å². The molecule has 2 aromatic rings. The molecule has 1 aromatic heterocycles. The zero-order valence-electron chi connectivity index (χ0n) is 13.6. The number of benzene rings is 1. The minimum Gasteiger partial charge on any atom is -0.368 e. The third-order valence-corrected chi connectivity index (χ3v) is 3.01. The summed E-state index contributed by atoms with van der Waals surface area (Å²) in [6.45, 7) is -0.148. The van der Waals surface area contributed by atoms with Crippen molar-refractivity contribution in [3.05, 3.63) is 36.0 Å². The Balaban J connectivity index is 2.25. The fraction of sp³-hybridized carbons (Fsp3) is 0.0667. The molecule has 1 aromatic carbocycles. The summed E-state index contributed by atoms with van der Waals surface area (Å²) in [6, 6.07) is 7.14. The normalized spacial score (nSPS) is 10.5. The summed E-state index contributed by atoms with van der Waals surface area (Å²) >= 11 is 0. The Bertz CT molecular complexity index is 851. The predicted molar refractivity (Wildman–Crippen MR) is 96.8 cm³/mol. The van der Waals surface area contributed by atoms with Gasteiger partial charge in [0.25, 0.3) is 5.91 Å². The van der Waals surface area contributed by atoms with Crippen LogP contribution < -0.4 is 27.5 Å². The van der Waals surface area contributed by atoms with Crippen LogP contribution in [0.3, 0.4) is 0 Å². The van der Waals surface area contributed by atoms with Crippen LogP contribution in [0.25, 0.3) is 0 Å². The molecule has 2 rings (SSSR count). The van der Waals surface area contributed by atoms with E-state index in [2.05, 4.69) is 25.7 Å². The summed E-state index contributed by atoms with van der Waals surface area (Å²) in [5.74, 6) is -0.975. The number of hydrogen-bond donors (Lipinski definition) is 6. The van der Waals surface area contributed by atoms with Gasteiger partial charge in [-0.2, -0.15) is 10.4 Å². The number of hydrogen-bond acceptors (Lipinski definition) is 8. The number of nitrogens with zero attached hydrogens (tertiary/aromatic N) is 3. The van der Waals surface area contributed by atoms with Crippen LogP contribution >= 0.6 is 0 Å². The smallest absolute Gasteiger partial charge is 0.254 e. The first-order valence-corrected chi connectivity index (χ1v) is 7.41. The van der Waals surface area contributed by atoms with Crippen LogP contribution in [0.5, 0.6) is 0 Å². The lowest BCUT2D eigenvalue weighted by atomic mass is 10.2. The zero-order valence-corrected chi connectivity index (χ0v) is 13.6. The Morgan fingerprint density at radius 2 is 2.15 bits per heavy atom. The Kier molecular flexibility index (Phi) is 6.28. The maximum Gasteiger partial charge on any atom is 0.254 e. The lowest BCUT2D eigenvalue weighted by molar-refractivity contribution is -0.576. The van der Waals surface area contributed by atoms with Crippen molar-refractivity contribution in [1.82, 2.24) is 9.97 Å². The maximum atomic E-state index is 11.6. The molecule has 0 unspecified atom stereocenters. The first kappa shape index (κ1) is 18.5. The van der Waals surface area contributed by atoms with Gasteiger partial charge in [0.15, 0.2) is 5.69 Å². The van der Waals surface area contributed by atoms with E-state index in [0.29, 0.717) is 5.69 Å². The quantitative estimate of drug-likeness (QED) is 0.145. The topological polar surface area (TPSA) is 189 Å². The third kappa shape index (κ3) is 5.35. The van der Waals surface area contributed by atoms with Crippen molar-refractivity contribution in [2.45, 2.75) is 0 Å². The first-order valence-electron chi connectivity index (χ1n) is 7.41. The number of primary amides is 2. The van der Waals surface area contributed by atoms with Gasteiger partial charge in [0.1, 0.15) is 17.6 Å². The molecule has 0 bridgehead atoms. The highest BCUT2D eigenvalue weighted by Gasteiger charge is 2.13. The van der Waals surface area contributed by atoms with Gasteiger partial charge >= 0.3 is 0 Å². The van der Waals surface area contributed by atoms with Crippen LogP contribution in [-0.4, -0.2) is 40.8 Å². The summed E-state index contributed by atoms with van der Waals surface area (Å²) in [6.07, 6.45) is 3.66. The van der Waals surface area contributed by atoms with Crippen molar-refractivity contribution in [2.24, 2.45) is 16.6 Å². The van der Waals surface area contributed by atoms with Crippen LogP contribution in [0, 0.1) is 5.41 Å². The highest BCUT2D eigenvalue weighted by molar-refractivity contribution is 6.14. The summed E-state index contributed by atoms with van der Waals surface area (Å²) in [5.41, 5.74) is 13.5. The Labute approximate surface area is 148 Å². The first-order chi connectivity index (χ1) is 12.5. The molecule has 0 saturated carbocycles. The van der Waals surface area contributed by atoms with E-state index in [1.165, 1.54) is 12.4 Å². The van der Waals surface area contributed by atoms with Gasteiger partial charge in [-0.15, -0.1) is 0 Å². The van der Waals surface area contributed by atoms with Crippen LogP contribution in [-0.2, 0) is 4.79 Å². The molecule has 11 nitrogen and oxygen atoms in total. The summed E-state index contributed by atoms with van der Waals surface area (Å²) in [5, 5.41) is 16.5. The molecule has 1 heterocycles. The molecular weight excluding hydrogens is 338 g/mol. The second-order valence-electron chi connectivity index (χ2n) is 4.98. The fourth-order valence-corrected chi connectivity index (χ4v) is 1.91. The highest BCUT2D eigenvalue weighted by atomic mass is 16.1. The molecule has 26 heavy (non-hydrogen) atoms. The molecule has 0 fully saturated rings. The van der Waals surface area contributed by atoms with Crippen molar-refractivity contribution >= 4 is 47.4 Å². The van der Waals surface area contributed by atoms with E-state index in [9.17, 15) is 9.59 Å². The third-order valence-electron chi connectivity index (χ3n) is 3.01. The number of aromatic nitrogens is 2. The molecular formula is C15H18N9O2+.